The van der Waals surface area contributed by atoms with Gasteiger partial charge in [-0.1, -0.05) is 30.3 Å². The van der Waals surface area contributed by atoms with Gasteiger partial charge in [0.1, 0.15) is 5.75 Å². The van der Waals surface area contributed by atoms with E-state index in [1.165, 1.54) is 5.56 Å². The number of benzene rings is 2. The molecule has 2 aliphatic rings. The lowest BCUT2D eigenvalue weighted by molar-refractivity contribution is -0.122. The fourth-order valence-corrected chi connectivity index (χ4v) is 3.56. The van der Waals surface area contributed by atoms with E-state index in [1.54, 1.807) is 6.92 Å². The lowest BCUT2D eigenvalue weighted by Gasteiger charge is -2.30. The zero-order valence-electron chi connectivity index (χ0n) is 15.1. The molecule has 26 heavy (non-hydrogen) atoms. The predicted octanol–water partition coefficient (Wildman–Crippen LogP) is 3.00. The summed E-state index contributed by atoms with van der Waals surface area (Å²) in [6.45, 7) is 4.87. The van der Waals surface area contributed by atoms with Crippen LogP contribution in [-0.4, -0.2) is 36.0 Å². The van der Waals surface area contributed by atoms with Gasteiger partial charge in [-0.15, -0.1) is 0 Å². The second kappa shape index (κ2) is 7.09. The fourth-order valence-electron chi connectivity index (χ4n) is 3.56. The van der Waals surface area contributed by atoms with Crippen LogP contribution in [0.15, 0.2) is 42.5 Å². The van der Waals surface area contributed by atoms with Crippen molar-refractivity contribution >= 4 is 11.6 Å². The van der Waals surface area contributed by atoms with E-state index in [9.17, 15) is 4.79 Å². The third-order valence-electron chi connectivity index (χ3n) is 5.24. The quantitative estimate of drug-likeness (QED) is 0.892. The largest absolute Gasteiger partial charge is 0.479 e. The number of ether oxygens (including phenoxy) is 1. The van der Waals surface area contributed by atoms with Crippen LogP contribution < -0.4 is 15.8 Å². The van der Waals surface area contributed by atoms with Gasteiger partial charge in [-0.25, -0.2) is 0 Å². The van der Waals surface area contributed by atoms with Gasteiger partial charge in [-0.2, -0.15) is 0 Å². The van der Waals surface area contributed by atoms with Crippen LogP contribution in [0, 0.1) is 0 Å². The topological polar surface area (TPSA) is 67.6 Å². The van der Waals surface area contributed by atoms with Crippen molar-refractivity contribution in [2.24, 2.45) is 5.73 Å². The Hall–Kier alpha value is -2.37. The lowest BCUT2D eigenvalue weighted by atomic mass is 10.0. The Morgan fingerprint density at radius 3 is 2.54 bits per heavy atom. The van der Waals surface area contributed by atoms with Gasteiger partial charge in [0.2, 0.25) is 0 Å². The normalized spacial score (nSPS) is 21.0. The van der Waals surface area contributed by atoms with Crippen LogP contribution in [0.1, 0.15) is 25.3 Å². The highest BCUT2D eigenvalue weighted by molar-refractivity contribution is 5.98. The number of fused-ring (bicyclic) bond motifs is 1. The van der Waals surface area contributed by atoms with E-state index >= 15 is 0 Å². The monoisotopic (exact) mass is 351 g/mol. The van der Waals surface area contributed by atoms with Crippen molar-refractivity contribution < 1.29 is 9.53 Å². The molecule has 0 aromatic heterocycles. The molecular formula is C21H25N3O2. The molecule has 1 fully saturated rings. The van der Waals surface area contributed by atoms with E-state index in [2.05, 4.69) is 34.5 Å². The molecule has 0 bridgehead atoms. The van der Waals surface area contributed by atoms with E-state index in [0.717, 1.165) is 55.0 Å². The summed E-state index contributed by atoms with van der Waals surface area (Å²) in [5, 5.41) is 2.91. The van der Waals surface area contributed by atoms with Gasteiger partial charge >= 0.3 is 0 Å². The number of nitrogens with zero attached hydrogens (tertiary/aromatic N) is 1. The zero-order valence-corrected chi connectivity index (χ0v) is 15.1. The van der Waals surface area contributed by atoms with Crippen molar-refractivity contribution in [3.63, 3.8) is 0 Å². The number of piperidine rings is 1. The third kappa shape index (κ3) is 3.59. The fraction of sp³-hybridized carbons (Fsp3) is 0.381. The van der Waals surface area contributed by atoms with Crippen molar-refractivity contribution in [3.05, 3.63) is 48.0 Å². The maximum Gasteiger partial charge on any atom is 0.265 e. The number of hydrogen-bond acceptors (Lipinski definition) is 4. The predicted molar refractivity (Wildman–Crippen MR) is 103 cm³/mol. The van der Waals surface area contributed by atoms with E-state index < -0.39 is 6.10 Å². The molecule has 3 N–H and O–H groups in total. The lowest BCUT2D eigenvalue weighted by Crippen LogP contribution is -2.39. The van der Waals surface area contributed by atoms with Crippen LogP contribution in [0.25, 0.3) is 11.1 Å². The Morgan fingerprint density at radius 1 is 1.12 bits per heavy atom. The molecule has 0 saturated carbocycles. The van der Waals surface area contributed by atoms with Gasteiger partial charge in [0.05, 0.1) is 5.69 Å². The minimum absolute atomic E-state index is 0.105. The first-order valence-corrected chi connectivity index (χ1v) is 9.27. The van der Waals surface area contributed by atoms with Gasteiger partial charge in [0.15, 0.2) is 6.10 Å². The molecular weight excluding hydrogens is 326 g/mol. The molecule has 2 aliphatic heterocycles. The van der Waals surface area contributed by atoms with Crippen LogP contribution in [0.3, 0.4) is 0 Å². The Kier molecular flexibility index (Phi) is 4.66. The van der Waals surface area contributed by atoms with Gasteiger partial charge in [0, 0.05) is 12.6 Å². The third-order valence-corrected chi connectivity index (χ3v) is 5.24. The average Bonchev–Trinajstić information content (AvgIpc) is 2.65. The molecule has 4 rings (SSSR count). The molecule has 1 atom stereocenters. The molecule has 2 aromatic carbocycles. The Morgan fingerprint density at radius 2 is 1.81 bits per heavy atom. The zero-order chi connectivity index (χ0) is 18.1. The molecule has 1 unspecified atom stereocenters. The van der Waals surface area contributed by atoms with Gasteiger partial charge in [-0.05, 0) is 61.7 Å². The summed E-state index contributed by atoms with van der Waals surface area (Å²) in [6.07, 6.45) is 1.72. The maximum atomic E-state index is 11.8. The number of likely N-dealkylation sites (tertiary alicyclic amines) is 1. The highest BCUT2D eigenvalue weighted by Gasteiger charge is 2.23. The number of rotatable bonds is 3. The van der Waals surface area contributed by atoms with Crippen LogP contribution in [-0.2, 0) is 11.3 Å². The second-order valence-electron chi connectivity index (χ2n) is 7.27. The summed E-state index contributed by atoms with van der Waals surface area (Å²) in [6, 6.07) is 14.9. The molecule has 0 aliphatic carbocycles. The van der Waals surface area contributed by atoms with Gasteiger partial charge < -0.3 is 15.8 Å². The van der Waals surface area contributed by atoms with Crippen LogP contribution in [0.4, 0.5) is 5.69 Å². The number of hydrogen-bond donors (Lipinski definition) is 2. The first-order chi connectivity index (χ1) is 12.6. The van der Waals surface area contributed by atoms with Gasteiger partial charge in [-0.3, -0.25) is 9.69 Å². The van der Waals surface area contributed by atoms with E-state index in [4.69, 9.17) is 10.5 Å². The van der Waals surface area contributed by atoms with Crippen molar-refractivity contribution in [2.45, 2.75) is 38.5 Å². The molecule has 136 valence electrons. The molecule has 2 aromatic rings. The maximum absolute atomic E-state index is 11.8. The van der Waals surface area contributed by atoms with Crippen LogP contribution in [0.5, 0.6) is 5.75 Å². The first kappa shape index (κ1) is 17.1. The molecule has 0 spiro atoms. The molecule has 1 saturated heterocycles. The molecule has 5 nitrogen and oxygen atoms in total. The van der Waals surface area contributed by atoms with E-state index in [0.29, 0.717) is 6.04 Å². The van der Waals surface area contributed by atoms with Crippen LogP contribution in [0.2, 0.25) is 0 Å². The smallest absolute Gasteiger partial charge is 0.265 e. The summed E-state index contributed by atoms with van der Waals surface area (Å²) in [5.41, 5.74) is 10.2. The minimum Gasteiger partial charge on any atom is -0.479 e. The highest BCUT2D eigenvalue weighted by Crippen LogP contribution is 2.34. The first-order valence-electron chi connectivity index (χ1n) is 9.27. The van der Waals surface area contributed by atoms with Gasteiger partial charge in [0.25, 0.3) is 5.91 Å². The summed E-state index contributed by atoms with van der Waals surface area (Å²) >= 11 is 0. The molecule has 0 radical (unpaired) electrons. The number of carbonyl (C=O) groups excluding carboxylic acids is 1. The summed E-state index contributed by atoms with van der Waals surface area (Å²) in [4.78, 5) is 14.3. The number of anilines is 1. The summed E-state index contributed by atoms with van der Waals surface area (Å²) < 4.78 is 5.62. The standard InChI is InChI=1S/C21H25N3O2/c1-14-21(25)23-19-12-17(6-7-20(19)26-14)16-4-2-15(3-5-16)13-24-10-8-18(22)9-11-24/h2-7,12,14,18H,8-11,13,22H2,1H3,(H,23,25). The van der Waals surface area contributed by atoms with Crippen molar-refractivity contribution in [1.82, 2.24) is 4.90 Å². The van der Waals surface area contributed by atoms with Crippen molar-refractivity contribution in [3.8, 4) is 16.9 Å². The Labute approximate surface area is 154 Å². The number of carbonyl (C=O) groups is 1. The summed E-state index contributed by atoms with van der Waals surface area (Å²) in [5.74, 6) is 0.618. The second-order valence-corrected chi connectivity index (χ2v) is 7.27. The molecule has 1 amide bonds. The van der Waals surface area contributed by atoms with Crippen LogP contribution >= 0.6 is 0 Å². The number of nitrogens with one attached hydrogen (secondary N) is 1. The SMILES string of the molecule is CC1Oc2ccc(-c3ccc(CN4CCC(N)CC4)cc3)cc2NC1=O. The Balaban J connectivity index is 1.47. The summed E-state index contributed by atoms with van der Waals surface area (Å²) in [7, 11) is 0. The molecule has 2 heterocycles. The number of amides is 1. The molecule has 5 heteroatoms. The average molecular weight is 351 g/mol. The van der Waals surface area contributed by atoms with Crippen molar-refractivity contribution in [2.75, 3.05) is 18.4 Å². The minimum atomic E-state index is -0.447. The number of nitrogens with two attached hydrogens (primary N) is 1. The Bertz CT molecular complexity index is 795. The van der Waals surface area contributed by atoms with E-state index in [1.807, 2.05) is 18.2 Å². The van der Waals surface area contributed by atoms with Crippen molar-refractivity contribution in [1.29, 1.82) is 0 Å². The van der Waals surface area contributed by atoms with E-state index in [-0.39, 0.29) is 5.91 Å². The highest BCUT2D eigenvalue weighted by atomic mass is 16.5.